The summed E-state index contributed by atoms with van der Waals surface area (Å²) >= 11 is 0. The molecule has 170 valence electrons. The fourth-order valence-corrected chi connectivity index (χ4v) is 2.92. The first-order chi connectivity index (χ1) is 15.4. The van der Waals surface area contributed by atoms with Crippen LogP contribution in [0.2, 0.25) is 0 Å². The second-order valence-electron chi connectivity index (χ2n) is 6.89. The molecule has 3 rings (SSSR count). The van der Waals surface area contributed by atoms with Crippen molar-refractivity contribution in [2.75, 3.05) is 14.1 Å². The van der Waals surface area contributed by atoms with Gasteiger partial charge < -0.3 is 22.9 Å². The first-order valence-electron chi connectivity index (χ1n) is 9.85. The van der Waals surface area contributed by atoms with Crippen molar-refractivity contribution >= 4 is 47.1 Å². The monoisotopic (exact) mass is 462 g/mol. The van der Waals surface area contributed by atoms with E-state index >= 15 is 0 Å². The second-order valence-corrected chi connectivity index (χ2v) is 6.89. The number of nitrogens with two attached hydrogens (primary N) is 4. The van der Waals surface area contributed by atoms with Crippen LogP contribution < -0.4 is 22.9 Å². The molecule has 0 amide bonds. The minimum atomic E-state index is 0. The van der Waals surface area contributed by atoms with Crippen LogP contribution in [0.3, 0.4) is 0 Å². The number of hydrogen-bond acceptors (Lipinski definition) is 4. The Morgan fingerprint density at radius 2 is 0.879 bits per heavy atom. The zero-order chi connectivity index (χ0) is 23.1. The van der Waals surface area contributed by atoms with Gasteiger partial charge in [-0.05, 0) is 54.6 Å². The van der Waals surface area contributed by atoms with E-state index < -0.39 is 0 Å². The lowest BCUT2D eigenvalue weighted by Gasteiger charge is -2.06. The number of halogens is 1. The van der Waals surface area contributed by atoms with Crippen molar-refractivity contribution in [2.45, 2.75) is 0 Å². The normalized spacial score (nSPS) is 12.9. The van der Waals surface area contributed by atoms with E-state index in [1.807, 2.05) is 72.8 Å². The first-order valence-corrected chi connectivity index (χ1v) is 9.85. The molecule has 3 aromatic rings. The van der Waals surface area contributed by atoms with Gasteiger partial charge in [-0.25, -0.2) is 9.98 Å². The Morgan fingerprint density at radius 3 is 1.21 bits per heavy atom. The van der Waals surface area contributed by atoms with Crippen LogP contribution in [0, 0.1) is 0 Å². The van der Waals surface area contributed by atoms with Gasteiger partial charge in [0.05, 0.1) is 11.4 Å². The molecule has 0 radical (unpaired) electrons. The van der Waals surface area contributed by atoms with E-state index in [2.05, 4.69) is 20.0 Å². The lowest BCUT2D eigenvalue weighted by molar-refractivity contribution is 1.38. The molecular weight excluding hydrogens is 436 g/mol. The Labute approximate surface area is 199 Å². The topological polar surface area (TPSA) is 154 Å². The van der Waals surface area contributed by atoms with E-state index in [0.717, 1.165) is 22.3 Å². The van der Waals surface area contributed by atoms with E-state index in [9.17, 15) is 0 Å². The summed E-state index contributed by atoms with van der Waals surface area (Å²) in [6, 6.07) is 22.2. The SMILES string of the molecule is CN=C(N)c1ccc(N=C(N)c2cccc(C(N)=Nc3ccc(C(N)=NC)cc3)c2)cc1.Cl. The van der Waals surface area contributed by atoms with E-state index in [-0.39, 0.29) is 12.4 Å². The molecule has 8 nitrogen and oxygen atoms in total. The van der Waals surface area contributed by atoms with Crippen molar-refractivity contribution in [3.63, 3.8) is 0 Å². The quantitative estimate of drug-likeness (QED) is 0.328. The number of rotatable bonds is 6. The summed E-state index contributed by atoms with van der Waals surface area (Å²) in [6.07, 6.45) is 0. The highest BCUT2D eigenvalue weighted by atomic mass is 35.5. The van der Waals surface area contributed by atoms with Gasteiger partial charge in [-0.2, -0.15) is 0 Å². The zero-order valence-corrected chi connectivity index (χ0v) is 19.3. The highest BCUT2D eigenvalue weighted by Gasteiger charge is 2.05. The van der Waals surface area contributed by atoms with Gasteiger partial charge in [-0.1, -0.05) is 18.2 Å². The van der Waals surface area contributed by atoms with Crippen molar-refractivity contribution in [3.8, 4) is 0 Å². The van der Waals surface area contributed by atoms with Crippen LogP contribution in [0.1, 0.15) is 22.3 Å². The lowest BCUT2D eigenvalue weighted by atomic mass is 10.1. The summed E-state index contributed by atoms with van der Waals surface area (Å²) in [5, 5.41) is 0. The summed E-state index contributed by atoms with van der Waals surface area (Å²) in [5.74, 6) is 1.66. The third kappa shape index (κ3) is 6.41. The standard InChI is InChI=1S/C24H26N8.ClH/c1-29-21(25)15-6-10-19(11-7-15)31-23(27)17-4-3-5-18(14-17)24(28)32-20-12-8-16(9-13-20)22(26)30-2;/h3-14H,1-2H3,(H2,25,29)(H2,26,30)(H2,27,31)(H2,28,32);1H. The molecule has 0 aliphatic heterocycles. The molecule has 0 heterocycles. The summed E-state index contributed by atoms with van der Waals surface area (Å²) in [7, 11) is 3.29. The van der Waals surface area contributed by atoms with Gasteiger partial charge in [-0.3, -0.25) is 9.98 Å². The smallest absolute Gasteiger partial charge is 0.131 e. The van der Waals surface area contributed by atoms with Crippen LogP contribution in [-0.2, 0) is 0 Å². The minimum Gasteiger partial charge on any atom is -0.384 e. The Morgan fingerprint density at radius 1 is 0.515 bits per heavy atom. The van der Waals surface area contributed by atoms with Gasteiger partial charge in [0, 0.05) is 36.3 Å². The molecule has 3 aromatic carbocycles. The van der Waals surface area contributed by atoms with Gasteiger partial charge in [-0.15, -0.1) is 12.4 Å². The molecular formula is C24H27ClN8. The number of aliphatic imine (C=N–C) groups is 4. The molecule has 0 unspecified atom stereocenters. The van der Waals surface area contributed by atoms with Gasteiger partial charge >= 0.3 is 0 Å². The Balaban J connectivity index is 0.00000385. The Bertz CT molecular complexity index is 1120. The third-order valence-corrected chi connectivity index (χ3v) is 4.76. The molecule has 0 aliphatic carbocycles. The predicted octanol–water partition coefficient (Wildman–Crippen LogP) is 2.85. The van der Waals surface area contributed by atoms with Crippen LogP contribution in [0.15, 0.2) is 92.8 Å². The fourth-order valence-electron chi connectivity index (χ4n) is 2.92. The minimum absolute atomic E-state index is 0. The highest BCUT2D eigenvalue weighted by Crippen LogP contribution is 2.17. The van der Waals surface area contributed by atoms with E-state index in [4.69, 9.17) is 22.9 Å². The summed E-state index contributed by atoms with van der Waals surface area (Å²) in [5.41, 5.74) is 28.6. The molecule has 9 heteroatoms. The van der Waals surface area contributed by atoms with Crippen LogP contribution in [0.5, 0.6) is 0 Å². The maximum Gasteiger partial charge on any atom is 0.131 e. The lowest BCUT2D eigenvalue weighted by Crippen LogP contribution is -2.17. The van der Waals surface area contributed by atoms with Crippen molar-refractivity contribution < 1.29 is 0 Å². The number of hydrogen-bond donors (Lipinski definition) is 4. The van der Waals surface area contributed by atoms with Crippen molar-refractivity contribution in [1.29, 1.82) is 0 Å². The van der Waals surface area contributed by atoms with Crippen molar-refractivity contribution in [1.82, 2.24) is 0 Å². The van der Waals surface area contributed by atoms with Crippen LogP contribution in [-0.4, -0.2) is 37.4 Å². The Hall–Kier alpha value is -4.17. The first kappa shape index (κ1) is 25.1. The Kier molecular flexibility index (Phi) is 8.71. The largest absolute Gasteiger partial charge is 0.384 e. The number of nitrogens with zero attached hydrogens (tertiary/aromatic N) is 4. The van der Waals surface area contributed by atoms with Gasteiger partial charge in [0.2, 0.25) is 0 Å². The maximum absolute atomic E-state index is 6.23. The summed E-state index contributed by atoms with van der Waals surface area (Å²) in [6.45, 7) is 0. The van der Waals surface area contributed by atoms with Crippen LogP contribution in [0.25, 0.3) is 0 Å². The molecule has 0 saturated carbocycles. The van der Waals surface area contributed by atoms with E-state index in [1.54, 1.807) is 14.1 Å². The van der Waals surface area contributed by atoms with E-state index in [0.29, 0.717) is 34.7 Å². The van der Waals surface area contributed by atoms with Crippen LogP contribution >= 0.6 is 12.4 Å². The maximum atomic E-state index is 6.23. The predicted molar refractivity (Wildman–Crippen MR) is 141 cm³/mol. The molecule has 0 bridgehead atoms. The second kappa shape index (κ2) is 11.4. The van der Waals surface area contributed by atoms with Gasteiger partial charge in [0.1, 0.15) is 23.3 Å². The number of benzene rings is 3. The average Bonchev–Trinajstić information content (AvgIpc) is 2.84. The molecule has 0 fully saturated rings. The van der Waals surface area contributed by atoms with Crippen molar-refractivity contribution in [3.05, 3.63) is 95.1 Å². The summed E-state index contributed by atoms with van der Waals surface area (Å²) in [4.78, 5) is 16.9. The molecule has 0 spiro atoms. The van der Waals surface area contributed by atoms with Gasteiger partial charge in [0.25, 0.3) is 0 Å². The average molecular weight is 463 g/mol. The van der Waals surface area contributed by atoms with Gasteiger partial charge in [0.15, 0.2) is 0 Å². The molecule has 0 saturated heterocycles. The molecule has 0 aliphatic rings. The van der Waals surface area contributed by atoms with E-state index in [1.165, 1.54) is 0 Å². The molecule has 8 N–H and O–H groups in total. The third-order valence-electron chi connectivity index (χ3n) is 4.76. The fraction of sp³-hybridized carbons (Fsp3) is 0.0833. The zero-order valence-electron chi connectivity index (χ0n) is 18.4. The molecule has 0 atom stereocenters. The summed E-state index contributed by atoms with van der Waals surface area (Å²) < 4.78 is 0. The van der Waals surface area contributed by atoms with Crippen molar-refractivity contribution in [2.24, 2.45) is 42.9 Å². The molecule has 33 heavy (non-hydrogen) atoms. The van der Waals surface area contributed by atoms with Crippen LogP contribution in [0.4, 0.5) is 11.4 Å². The molecule has 0 aromatic heterocycles. The number of amidine groups is 4. The highest BCUT2D eigenvalue weighted by molar-refractivity contribution is 6.04.